The van der Waals surface area contributed by atoms with E-state index in [4.69, 9.17) is 0 Å². The van der Waals surface area contributed by atoms with Gasteiger partial charge in [-0.15, -0.1) is 0 Å². The van der Waals surface area contributed by atoms with Gasteiger partial charge in [0.2, 0.25) is 5.91 Å². The van der Waals surface area contributed by atoms with Crippen LogP contribution >= 0.6 is 0 Å². The number of benzene rings is 1. The van der Waals surface area contributed by atoms with Gasteiger partial charge in [0.05, 0.1) is 16.9 Å². The Labute approximate surface area is 160 Å². The van der Waals surface area contributed by atoms with Gasteiger partial charge in [-0.05, 0) is 57.2 Å². The minimum atomic E-state index is -0.0865. The first kappa shape index (κ1) is 19.1. The monoisotopic (exact) mass is 368 g/mol. The van der Waals surface area contributed by atoms with Crippen molar-refractivity contribution in [2.24, 2.45) is 7.05 Å². The lowest BCUT2D eigenvalue weighted by Crippen LogP contribution is -2.36. The van der Waals surface area contributed by atoms with Crippen molar-refractivity contribution in [1.82, 2.24) is 14.7 Å². The quantitative estimate of drug-likeness (QED) is 0.881. The number of aryl methyl sites for hydroxylation is 2. The van der Waals surface area contributed by atoms with Gasteiger partial charge in [0, 0.05) is 32.3 Å². The molecule has 6 heteroatoms. The normalized spacial score (nSPS) is 14.3. The average Bonchev–Trinajstić information content (AvgIpc) is 2.92. The second-order valence-corrected chi connectivity index (χ2v) is 7.22. The van der Waals surface area contributed by atoms with Gasteiger partial charge in [-0.2, -0.15) is 5.10 Å². The van der Waals surface area contributed by atoms with E-state index in [2.05, 4.69) is 10.4 Å². The van der Waals surface area contributed by atoms with E-state index in [0.717, 1.165) is 42.9 Å². The molecule has 1 fully saturated rings. The minimum Gasteiger partial charge on any atom is -0.339 e. The molecular formula is C21H28N4O2. The highest BCUT2D eigenvalue weighted by molar-refractivity contribution is 6.03. The maximum atomic E-state index is 12.8. The SMILES string of the molecule is Cc1nn(C)c(C)c1CCC(=O)Nc1ccccc1C(=O)N1CCCCC1. The molecule has 1 aliphatic heterocycles. The summed E-state index contributed by atoms with van der Waals surface area (Å²) in [6.45, 7) is 5.56. The van der Waals surface area contributed by atoms with E-state index in [1.54, 1.807) is 12.1 Å². The van der Waals surface area contributed by atoms with E-state index in [1.807, 2.05) is 42.6 Å². The fourth-order valence-electron chi connectivity index (χ4n) is 3.68. The number of aromatic nitrogens is 2. The summed E-state index contributed by atoms with van der Waals surface area (Å²) in [5, 5.41) is 7.33. The Morgan fingerprint density at radius 3 is 2.48 bits per heavy atom. The van der Waals surface area contributed by atoms with Crippen LogP contribution in [0.25, 0.3) is 0 Å². The highest BCUT2D eigenvalue weighted by Crippen LogP contribution is 2.21. The standard InChI is InChI=1S/C21H28N4O2/c1-15-17(16(2)24(3)23-15)11-12-20(26)22-19-10-6-5-9-18(19)21(27)25-13-7-4-8-14-25/h5-6,9-10H,4,7-8,11-14H2,1-3H3,(H,22,26). The molecule has 144 valence electrons. The van der Waals surface area contributed by atoms with Crippen molar-refractivity contribution in [3.05, 3.63) is 46.8 Å². The van der Waals surface area contributed by atoms with Gasteiger partial charge in [-0.25, -0.2) is 0 Å². The first-order valence-electron chi connectivity index (χ1n) is 9.64. The van der Waals surface area contributed by atoms with Crippen LogP contribution in [0.15, 0.2) is 24.3 Å². The molecule has 1 aromatic carbocycles. The molecule has 1 saturated heterocycles. The molecule has 0 atom stereocenters. The zero-order chi connectivity index (χ0) is 19.4. The first-order chi connectivity index (χ1) is 13.0. The second-order valence-electron chi connectivity index (χ2n) is 7.22. The molecule has 0 bridgehead atoms. The van der Waals surface area contributed by atoms with Crippen LogP contribution in [0, 0.1) is 13.8 Å². The smallest absolute Gasteiger partial charge is 0.255 e. The fraction of sp³-hybridized carbons (Fsp3) is 0.476. The number of carbonyl (C=O) groups excluding carboxylic acids is 2. The predicted molar refractivity (Wildman–Crippen MR) is 106 cm³/mol. The number of hydrogen-bond donors (Lipinski definition) is 1. The lowest BCUT2D eigenvalue weighted by Gasteiger charge is -2.27. The number of hydrogen-bond acceptors (Lipinski definition) is 3. The van der Waals surface area contributed by atoms with Crippen LogP contribution in [0.1, 0.15) is 53.0 Å². The van der Waals surface area contributed by atoms with Gasteiger partial charge in [-0.1, -0.05) is 12.1 Å². The Bertz CT molecular complexity index is 835. The molecule has 3 rings (SSSR count). The number of carbonyl (C=O) groups is 2. The zero-order valence-electron chi connectivity index (χ0n) is 16.4. The topological polar surface area (TPSA) is 67.2 Å². The van der Waals surface area contributed by atoms with Crippen LogP contribution in [0.2, 0.25) is 0 Å². The summed E-state index contributed by atoms with van der Waals surface area (Å²) in [6.07, 6.45) is 4.27. The van der Waals surface area contributed by atoms with Crippen LogP contribution in [0.3, 0.4) is 0 Å². The Balaban J connectivity index is 1.66. The number of rotatable bonds is 5. The van der Waals surface area contributed by atoms with Gasteiger partial charge in [0.15, 0.2) is 0 Å². The predicted octanol–water partition coefficient (Wildman–Crippen LogP) is 3.23. The highest BCUT2D eigenvalue weighted by atomic mass is 16.2. The third kappa shape index (κ3) is 4.38. The average molecular weight is 368 g/mol. The van der Waals surface area contributed by atoms with E-state index in [-0.39, 0.29) is 11.8 Å². The Morgan fingerprint density at radius 1 is 1.11 bits per heavy atom. The van der Waals surface area contributed by atoms with Crippen molar-refractivity contribution in [3.63, 3.8) is 0 Å². The van der Waals surface area contributed by atoms with Gasteiger partial charge < -0.3 is 10.2 Å². The molecular weight excluding hydrogens is 340 g/mol. The van der Waals surface area contributed by atoms with Crippen LogP contribution in [0.4, 0.5) is 5.69 Å². The molecule has 0 radical (unpaired) electrons. The van der Waals surface area contributed by atoms with Crippen molar-refractivity contribution in [2.75, 3.05) is 18.4 Å². The van der Waals surface area contributed by atoms with Crippen molar-refractivity contribution < 1.29 is 9.59 Å². The van der Waals surface area contributed by atoms with Gasteiger partial charge in [-0.3, -0.25) is 14.3 Å². The van der Waals surface area contributed by atoms with E-state index < -0.39 is 0 Å². The van der Waals surface area contributed by atoms with E-state index in [9.17, 15) is 9.59 Å². The van der Waals surface area contributed by atoms with Gasteiger partial charge in [0.1, 0.15) is 0 Å². The number of likely N-dealkylation sites (tertiary alicyclic amines) is 1. The summed E-state index contributed by atoms with van der Waals surface area (Å²) in [5.41, 5.74) is 4.33. The fourth-order valence-corrected chi connectivity index (χ4v) is 3.68. The van der Waals surface area contributed by atoms with Crippen molar-refractivity contribution in [1.29, 1.82) is 0 Å². The molecule has 1 aliphatic rings. The summed E-state index contributed by atoms with van der Waals surface area (Å²) in [5.74, 6) is -0.0823. The molecule has 0 aliphatic carbocycles. The van der Waals surface area contributed by atoms with E-state index in [0.29, 0.717) is 24.1 Å². The van der Waals surface area contributed by atoms with Crippen LogP contribution < -0.4 is 5.32 Å². The Hall–Kier alpha value is -2.63. The molecule has 27 heavy (non-hydrogen) atoms. The van der Waals surface area contributed by atoms with Crippen molar-refractivity contribution in [2.45, 2.75) is 46.0 Å². The highest BCUT2D eigenvalue weighted by Gasteiger charge is 2.21. The molecule has 0 saturated carbocycles. The molecule has 1 N–H and O–H groups in total. The molecule has 0 spiro atoms. The van der Waals surface area contributed by atoms with E-state index in [1.165, 1.54) is 6.42 Å². The summed E-state index contributed by atoms with van der Waals surface area (Å²) in [4.78, 5) is 27.2. The molecule has 1 aromatic heterocycles. The summed E-state index contributed by atoms with van der Waals surface area (Å²) < 4.78 is 1.84. The number of nitrogens with one attached hydrogen (secondary N) is 1. The lowest BCUT2D eigenvalue weighted by molar-refractivity contribution is -0.116. The molecule has 2 aromatic rings. The first-order valence-corrected chi connectivity index (χ1v) is 9.64. The third-order valence-electron chi connectivity index (χ3n) is 5.34. The molecule has 0 unspecified atom stereocenters. The van der Waals surface area contributed by atoms with Gasteiger partial charge in [0.25, 0.3) is 5.91 Å². The summed E-state index contributed by atoms with van der Waals surface area (Å²) in [7, 11) is 1.91. The van der Waals surface area contributed by atoms with Crippen LogP contribution in [-0.4, -0.2) is 39.6 Å². The second kappa shape index (κ2) is 8.37. The summed E-state index contributed by atoms with van der Waals surface area (Å²) >= 11 is 0. The maximum absolute atomic E-state index is 12.8. The number of anilines is 1. The number of piperidine rings is 1. The Morgan fingerprint density at radius 2 is 1.81 bits per heavy atom. The van der Waals surface area contributed by atoms with E-state index >= 15 is 0 Å². The number of nitrogens with zero attached hydrogens (tertiary/aromatic N) is 3. The largest absolute Gasteiger partial charge is 0.339 e. The zero-order valence-corrected chi connectivity index (χ0v) is 16.4. The third-order valence-corrected chi connectivity index (χ3v) is 5.34. The molecule has 6 nitrogen and oxygen atoms in total. The van der Waals surface area contributed by atoms with Crippen LogP contribution in [-0.2, 0) is 18.3 Å². The maximum Gasteiger partial charge on any atom is 0.255 e. The number of para-hydroxylation sites is 1. The van der Waals surface area contributed by atoms with Gasteiger partial charge >= 0.3 is 0 Å². The van der Waals surface area contributed by atoms with Crippen molar-refractivity contribution >= 4 is 17.5 Å². The minimum absolute atomic E-state index is 0.00421. The lowest BCUT2D eigenvalue weighted by atomic mass is 10.1. The van der Waals surface area contributed by atoms with Crippen LogP contribution in [0.5, 0.6) is 0 Å². The summed E-state index contributed by atoms with van der Waals surface area (Å²) in [6, 6.07) is 7.28. The Kier molecular flexibility index (Phi) is 5.94. The van der Waals surface area contributed by atoms with Crippen molar-refractivity contribution in [3.8, 4) is 0 Å². The molecule has 2 amide bonds. The molecule has 2 heterocycles. The number of amides is 2.